The number of halogens is 2. The zero-order chi connectivity index (χ0) is 19.5. The van der Waals surface area contributed by atoms with Gasteiger partial charge in [-0.1, -0.05) is 48.5 Å². The molecule has 0 saturated carbocycles. The van der Waals surface area contributed by atoms with Crippen LogP contribution in [-0.4, -0.2) is 17.4 Å². The van der Waals surface area contributed by atoms with Gasteiger partial charge in [0.05, 0.1) is 5.56 Å². The molecule has 2 N–H and O–H groups in total. The quantitative estimate of drug-likeness (QED) is 0.505. The van der Waals surface area contributed by atoms with Crippen LogP contribution in [0.15, 0.2) is 79.0 Å². The Morgan fingerprint density at radius 3 is 2.50 bits per heavy atom. The van der Waals surface area contributed by atoms with E-state index in [1.807, 2.05) is 60.8 Å². The van der Waals surface area contributed by atoms with Gasteiger partial charge >= 0.3 is 0 Å². The molecule has 0 fully saturated rings. The van der Waals surface area contributed by atoms with E-state index >= 15 is 0 Å². The van der Waals surface area contributed by atoms with Crippen LogP contribution >= 0.6 is 0 Å². The third-order valence-electron chi connectivity index (χ3n) is 4.84. The number of amides is 1. The number of nitrogens with one attached hydrogen (secondary N) is 2. The molecule has 28 heavy (non-hydrogen) atoms. The third-order valence-corrected chi connectivity index (χ3v) is 4.84. The smallest absolute Gasteiger partial charge is 0.254 e. The van der Waals surface area contributed by atoms with Crippen molar-refractivity contribution in [3.05, 3.63) is 107 Å². The van der Waals surface area contributed by atoms with Gasteiger partial charge in [0.25, 0.3) is 5.91 Å². The van der Waals surface area contributed by atoms with E-state index in [-0.39, 0.29) is 18.0 Å². The number of hydrogen-bond acceptors (Lipinski definition) is 1. The third kappa shape index (κ3) is 3.51. The molecule has 1 atom stereocenters. The molecule has 1 heterocycles. The van der Waals surface area contributed by atoms with Crippen LogP contribution in [0.25, 0.3) is 10.9 Å². The second-order valence-corrected chi connectivity index (χ2v) is 6.59. The fraction of sp³-hybridized carbons (Fsp3) is 0.0870. The SMILES string of the molecule is O=C(NC[C@@H](c1ccccc1)c1c[nH]c2ccccc12)c1ccc(F)cc1F. The van der Waals surface area contributed by atoms with Gasteiger partial charge in [-0.3, -0.25) is 4.79 Å². The van der Waals surface area contributed by atoms with E-state index in [0.29, 0.717) is 6.07 Å². The van der Waals surface area contributed by atoms with Crippen LogP contribution in [0.3, 0.4) is 0 Å². The minimum absolute atomic E-state index is 0.121. The minimum atomic E-state index is -0.874. The Morgan fingerprint density at radius 1 is 0.964 bits per heavy atom. The average molecular weight is 376 g/mol. The van der Waals surface area contributed by atoms with Crippen molar-refractivity contribution in [2.24, 2.45) is 0 Å². The number of rotatable bonds is 5. The summed E-state index contributed by atoms with van der Waals surface area (Å²) in [4.78, 5) is 15.7. The Labute approximate surface area is 161 Å². The van der Waals surface area contributed by atoms with Crippen molar-refractivity contribution >= 4 is 16.8 Å². The monoisotopic (exact) mass is 376 g/mol. The lowest BCUT2D eigenvalue weighted by Gasteiger charge is -2.18. The Hall–Kier alpha value is -3.47. The van der Waals surface area contributed by atoms with E-state index < -0.39 is 17.5 Å². The molecule has 1 aromatic heterocycles. The Morgan fingerprint density at radius 2 is 1.71 bits per heavy atom. The van der Waals surface area contributed by atoms with E-state index in [4.69, 9.17) is 0 Å². The fourth-order valence-electron chi connectivity index (χ4n) is 3.44. The molecule has 0 radical (unpaired) electrons. The summed E-state index contributed by atoms with van der Waals surface area (Å²) in [5.41, 5.74) is 2.91. The number of H-pyrrole nitrogens is 1. The molecular weight excluding hydrogens is 358 g/mol. The Bertz CT molecular complexity index is 1120. The lowest BCUT2D eigenvalue weighted by molar-refractivity contribution is 0.0948. The highest BCUT2D eigenvalue weighted by atomic mass is 19.1. The van der Waals surface area contributed by atoms with Gasteiger partial charge in [-0.05, 0) is 29.3 Å². The van der Waals surface area contributed by atoms with Gasteiger partial charge in [0.1, 0.15) is 11.6 Å². The van der Waals surface area contributed by atoms with E-state index in [1.54, 1.807) is 0 Å². The molecular formula is C23H18F2N2O. The molecule has 5 heteroatoms. The average Bonchev–Trinajstić information content (AvgIpc) is 3.13. The van der Waals surface area contributed by atoms with Crippen molar-refractivity contribution in [2.45, 2.75) is 5.92 Å². The number of carbonyl (C=O) groups excluding carboxylic acids is 1. The van der Waals surface area contributed by atoms with Crippen LogP contribution in [0.4, 0.5) is 8.78 Å². The second kappa shape index (κ2) is 7.64. The molecule has 0 aliphatic heterocycles. The largest absolute Gasteiger partial charge is 0.361 e. The summed E-state index contributed by atoms with van der Waals surface area (Å²) in [5.74, 6) is -2.28. The molecule has 4 aromatic rings. The first kappa shape index (κ1) is 17.9. The van der Waals surface area contributed by atoms with Gasteiger partial charge in [0.2, 0.25) is 0 Å². The maximum atomic E-state index is 13.9. The van der Waals surface area contributed by atoms with Crippen molar-refractivity contribution < 1.29 is 13.6 Å². The van der Waals surface area contributed by atoms with E-state index in [0.717, 1.165) is 34.2 Å². The highest BCUT2D eigenvalue weighted by Crippen LogP contribution is 2.30. The van der Waals surface area contributed by atoms with Gasteiger partial charge in [0.15, 0.2) is 0 Å². The van der Waals surface area contributed by atoms with Gasteiger partial charge in [-0.15, -0.1) is 0 Å². The lowest BCUT2D eigenvalue weighted by Crippen LogP contribution is -2.29. The molecule has 0 aliphatic carbocycles. The Kier molecular flexibility index (Phi) is 4.89. The number of para-hydroxylation sites is 1. The first-order valence-corrected chi connectivity index (χ1v) is 8.97. The second-order valence-electron chi connectivity index (χ2n) is 6.59. The first-order chi connectivity index (χ1) is 13.6. The summed E-state index contributed by atoms with van der Waals surface area (Å²) in [6, 6.07) is 20.7. The molecule has 3 aromatic carbocycles. The van der Waals surface area contributed by atoms with Crippen LogP contribution in [0.2, 0.25) is 0 Å². The van der Waals surface area contributed by atoms with Crippen molar-refractivity contribution in [3.63, 3.8) is 0 Å². The standard InChI is InChI=1S/C23H18F2N2O/c24-16-10-11-18(21(25)12-16)23(28)27-13-19(15-6-2-1-3-7-15)20-14-26-22-9-5-4-8-17(20)22/h1-12,14,19,26H,13H2,(H,27,28)/t19-/m0/s1. The number of aromatic amines is 1. The molecule has 0 aliphatic rings. The van der Waals surface area contributed by atoms with Crippen LogP contribution in [0.5, 0.6) is 0 Å². The topological polar surface area (TPSA) is 44.9 Å². The van der Waals surface area contributed by atoms with E-state index in [9.17, 15) is 13.6 Å². The molecule has 1 amide bonds. The summed E-state index contributed by atoms with van der Waals surface area (Å²) < 4.78 is 27.0. The summed E-state index contributed by atoms with van der Waals surface area (Å²) in [5, 5.41) is 3.86. The number of carbonyl (C=O) groups is 1. The molecule has 0 saturated heterocycles. The number of fused-ring (bicyclic) bond motifs is 1. The van der Waals surface area contributed by atoms with Gasteiger partial charge in [-0.2, -0.15) is 0 Å². The minimum Gasteiger partial charge on any atom is -0.361 e. The van der Waals surface area contributed by atoms with Crippen LogP contribution < -0.4 is 5.32 Å². The van der Waals surface area contributed by atoms with E-state index in [1.165, 1.54) is 0 Å². The van der Waals surface area contributed by atoms with Gasteiger partial charge < -0.3 is 10.3 Å². The van der Waals surface area contributed by atoms with Gasteiger partial charge in [-0.25, -0.2) is 8.78 Å². The van der Waals surface area contributed by atoms with E-state index in [2.05, 4.69) is 10.3 Å². The van der Waals surface area contributed by atoms with Crippen molar-refractivity contribution in [1.29, 1.82) is 0 Å². The molecule has 0 unspecified atom stereocenters. The molecule has 4 rings (SSSR count). The summed E-state index contributed by atoms with van der Waals surface area (Å²) in [7, 11) is 0. The number of benzene rings is 3. The molecule has 0 bridgehead atoms. The first-order valence-electron chi connectivity index (χ1n) is 8.97. The van der Waals surface area contributed by atoms with Crippen LogP contribution in [0.1, 0.15) is 27.4 Å². The molecule has 3 nitrogen and oxygen atoms in total. The predicted octanol–water partition coefficient (Wildman–Crippen LogP) is 5.01. The molecule has 140 valence electrons. The van der Waals surface area contributed by atoms with Crippen molar-refractivity contribution in [3.8, 4) is 0 Å². The number of aromatic nitrogens is 1. The molecule has 0 spiro atoms. The summed E-state index contributed by atoms with van der Waals surface area (Å²) >= 11 is 0. The highest BCUT2D eigenvalue weighted by Gasteiger charge is 2.20. The maximum absolute atomic E-state index is 13.9. The fourth-order valence-corrected chi connectivity index (χ4v) is 3.44. The highest BCUT2D eigenvalue weighted by molar-refractivity contribution is 5.94. The predicted molar refractivity (Wildman–Crippen MR) is 105 cm³/mol. The number of hydrogen-bond donors (Lipinski definition) is 2. The zero-order valence-electron chi connectivity index (χ0n) is 15.0. The Balaban J connectivity index is 1.64. The van der Waals surface area contributed by atoms with Crippen molar-refractivity contribution in [2.75, 3.05) is 6.54 Å². The summed E-state index contributed by atoms with van der Waals surface area (Å²) in [6.45, 7) is 0.279. The maximum Gasteiger partial charge on any atom is 0.254 e. The van der Waals surface area contributed by atoms with Crippen LogP contribution in [0, 0.1) is 11.6 Å². The van der Waals surface area contributed by atoms with Gasteiger partial charge in [0, 0.05) is 35.6 Å². The van der Waals surface area contributed by atoms with Crippen molar-refractivity contribution in [1.82, 2.24) is 10.3 Å². The lowest BCUT2D eigenvalue weighted by atomic mass is 9.91. The summed E-state index contributed by atoms with van der Waals surface area (Å²) in [6.07, 6.45) is 1.94. The van der Waals surface area contributed by atoms with Crippen LogP contribution in [-0.2, 0) is 0 Å². The zero-order valence-corrected chi connectivity index (χ0v) is 15.0. The normalized spacial score (nSPS) is 12.1.